The lowest BCUT2D eigenvalue weighted by atomic mass is 10.0. The van der Waals surface area contributed by atoms with E-state index in [1.165, 1.54) is 135 Å². The van der Waals surface area contributed by atoms with Crippen LogP contribution in [0, 0.1) is 0 Å². The molecule has 0 N–H and O–H groups in total. The minimum Gasteiger partial charge on any atom is -0.463 e. The van der Waals surface area contributed by atoms with Crippen LogP contribution >= 0.6 is 0 Å². The maximum atomic E-state index is 11.8. The van der Waals surface area contributed by atoms with Crippen LogP contribution in [0.1, 0.15) is 174 Å². The Kier molecular flexibility index (Phi) is 30.0. The molecule has 0 saturated heterocycles. The monoisotopic (exact) mass is 482 g/mol. The number of hydrogen-bond acceptors (Lipinski definition) is 3. The summed E-state index contributed by atoms with van der Waals surface area (Å²) in [6.45, 7) is 6.31. The Bertz CT molecular complexity index is 383. The van der Waals surface area contributed by atoms with E-state index in [0.29, 0.717) is 19.6 Å². The summed E-state index contributed by atoms with van der Waals surface area (Å²) < 4.78 is 10.9. The zero-order valence-electron chi connectivity index (χ0n) is 23.5. The summed E-state index contributed by atoms with van der Waals surface area (Å²) in [7, 11) is 0. The molecule has 3 nitrogen and oxygen atoms in total. The summed E-state index contributed by atoms with van der Waals surface area (Å²) in [5.41, 5.74) is 0. The van der Waals surface area contributed by atoms with E-state index in [9.17, 15) is 4.79 Å². The van der Waals surface area contributed by atoms with Crippen LogP contribution in [0.3, 0.4) is 0 Å². The number of ether oxygens (including phenoxy) is 2. The molecule has 0 aliphatic heterocycles. The maximum Gasteiger partial charge on any atom is 0.305 e. The lowest BCUT2D eigenvalue weighted by Gasteiger charge is -2.07. The van der Waals surface area contributed by atoms with Gasteiger partial charge in [0.05, 0.1) is 6.61 Å². The van der Waals surface area contributed by atoms with Crippen LogP contribution in [-0.4, -0.2) is 25.8 Å². The van der Waals surface area contributed by atoms with E-state index >= 15 is 0 Å². The molecule has 204 valence electrons. The van der Waals surface area contributed by atoms with Gasteiger partial charge in [0.1, 0.15) is 6.61 Å². The minimum absolute atomic E-state index is 0.0543. The van der Waals surface area contributed by atoms with Crippen molar-refractivity contribution in [3.05, 3.63) is 0 Å². The van der Waals surface area contributed by atoms with Crippen molar-refractivity contribution in [3.63, 3.8) is 0 Å². The van der Waals surface area contributed by atoms with Gasteiger partial charge in [-0.2, -0.15) is 0 Å². The van der Waals surface area contributed by atoms with E-state index in [1.54, 1.807) is 0 Å². The summed E-state index contributed by atoms with van der Waals surface area (Å²) in [5.74, 6) is -0.0543. The predicted molar refractivity (Wildman–Crippen MR) is 149 cm³/mol. The Morgan fingerprint density at radius 1 is 0.412 bits per heavy atom. The highest BCUT2D eigenvalue weighted by Crippen LogP contribution is 2.13. The molecule has 0 aromatic heterocycles. The zero-order chi connectivity index (χ0) is 24.8. The average Bonchev–Trinajstić information content (AvgIpc) is 2.84. The van der Waals surface area contributed by atoms with Crippen LogP contribution in [0.15, 0.2) is 0 Å². The van der Waals surface area contributed by atoms with E-state index in [2.05, 4.69) is 13.8 Å². The Morgan fingerprint density at radius 2 is 0.765 bits per heavy atom. The van der Waals surface area contributed by atoms with E-state index < -0.39 is 0 Å². The molecule has 0 heterocycles. The van der Waals surface area contributed by atoms with Gasteiger partial charge < -0.3 is 9.47 Å². The van der Waals surface area contributed by atoms with Crippen molar-refractivity contribution in [2.45, 2.75) is 174 Å². The van der Waals surface area contributed by atoms with Gasteiger partial charge in [-0.05, 0) is 12.8 Å². The summed E-state index contributed by atoms with van der Waals surface area (Å²) in [5, 5.41) is 0. The van der Waals surface area contributed by atoms with Gasteiger partial charge in [-0.3, -0.25) is 4.79 Å². The van der Waals surface area contributed by atoms with Crippen LogP contribution in [-0.2, 0) is 14.3 Å². The summed E-state index contributed by atoms with van der Waals surface area (Å²) in [4.78, 5) is 11.8. The number of carbonyl (C=O) groups is 1. The Labute approximate surface area is 214 Å². The van der Waals surface area contributed by atoms with Crippen molar-refractivity contribution >= 4 is 5.97 Å². The molecule has 0 bridgehead atoms. The number of rotatable bonds is 29. The quantitative estimate of drug-likeness (QED) is 0.0785. The molecule has 3 heteroatoms. The maximum absolute atomic E-state index is 11.8. The molecular formula is C31H62O3. The number of carbonyl (C=O) groups excluding carboxylic acids is 1. The number of esters is 1. The highest BCUT2D eigenvalue weighted by Gasteiger charge is 2.02. The van der Waals surface area contributed by atoms with Crippen LogP contribution in [0.25, 0.3) is 0 Å². The first kappa shape index (κ1) is 33.4. The van der Waals surface area contributed by atoms with Crippen molar-refractivity contribution in [1.82, 2.24) is 0 Å². The van der Waals surface area contributed by atoms with E-state index in [1.807, 2.05) is 0 Å². The zero-order valence-corrected chi connectivity index (χ0v) is 23.5. The highest BCUT2D eigenvalue weighted by molar-refractivity contribution is 5.69. The van der Waals surface area contributed by atoms with Gasteiger partial charge in [0.25, 0.3) is 0 Å². The lowest BCUT2D eigenvalue weighted by molar-refractivity contribution is -0.145. The van der Waals surface area contributed by atoms with Gasteiger partial charge >= 0.3 is 5.97 Å². The van der Waals surface area contributed by atoms with Gasteiger partial charge in [0, 0.05) is 13.0 Å². The third-order valence-corrected chi connectivity index (χ3v) is 6.87. The molecule has 0 aliphatic carbocycles. The Balaban J connectivity index is 3.14. The molecule has 0 rings (SSSR count). The first-order valence-electron chi connectivity index (χ1n) is 15.5. The van der Waals surface area contributed by atoms with Gasteiger partial charge in [0.15, 0.2) is 0 Å². The second kappa shape index (κ2) is 30.5. The summed E-state index contributed by atoms with van der Waals surface area (Å²) in [6.07, 6.45) is 32.7. The predicted octanol–water partition coefficient (Wildman–Crippen LogP) is 10.3. The fraction of sp³-hybridized carbons (Fsp3) is 0.968. The fourth-order valence-electron chi connectivity index (χ4n) is 4.54. The molecule has 0 aliphatic rings. The van der Waals surface area contributed by atoms with Crippen molar-refractivity contribution in [3.8, 4) is 0 Å². The first-order chi connectivity index (χ1) is 16.8. The van der Waals surface area contributed by atoms with E-state index in [-0.39, 0.29) is 5.97 Å². The number of hydrogen-bond donors (Lipinski definition) is 0. The Morgan fingerprint density at radius 3 is 1.18 bits per heavy atom. The lowest BCUT2D eigenvalue weighted by Crippen LogP contribution is -2.10. The molecule has 0 spiro atoms. The average molecular weight is 483 g/mol. The largest absolute Gasteiger partial charge is 0.463 e. The molecule has 0 aromatic rings. The summed E-state index contributed by atoms with van der Waals surface area (Å²) in [6, 6.07) is 0. The van der Waals surface area contributed by atoms with Crippen LogP contribution in [0.4, 0.5) is 0 Å². The van der Waals surface area contributed by atoms with Crippen LogP contribution in [0.5, 0.6) is 0 Å². The standard InChI is InChI=1S/C31H62O3/c1-3-5-7-9-11-13-15-16-17-19-21-23-25-27-31(32)34-30-29-33-28-26-24-22-20-18-14-12-10-8-6-4-2/h3-30H2,1-2H3. The molecule has 0 unspecified atom stereocenters. The second-order valence-corrected chi connectivity index (χ2v) is 10.4. The topological polar surface area (TPSA) is 35.5 Å². The smallest absolute Gasteiger partial charge is 0.305 e. The summed E-state index contributed by atoms with van der Waals surface area (Å²) >= 11 is 0. The van der Waals surface area contributed by atoms with Crippen molar-refractivity contribution < 1.29 is 14.3 Å². The van der Waals surface area contributed by atoms with E-state index in [0.717, 1.165) is 25.9 Å². The molecule has 0 radical (unpaired) electrons. The fourth-order valence-corrected chi connectivity index (χ4v) is 4.54. The number of unbranched alkanes of at least 4 members (excludes halogenated alkanes) is 22. The minimum atomic E-state index is -0.0543. The van der Waals surface area contributed by atoms with Crippen molar-refractivity contribution in [2.75, 3.05) is 19.8 Å². The first-order valence-corrected chi connectivity index (χ1v) is 15.5. The van der Waals surface area contributed by atoms with Crippen LogP contribution < -0.4 is 0 Å². The molecule has 0 saturated carbocycles. The molecular weight excluding hydrogens is 420 g/mol. The molecule has 0 amide bonds. The molecule has 0 aromatic carbocycles. The van der Waals surface area contributed by atoms with Gasteiger partial charge in [-0.1, -0.05) is 155 Å². The second-order valence-electron chi connectivity index (χ2n) is 10.4. The normalized spacial score (nSPS) is 11.2. The molecule has 0 atom stereocenters. The Hall–Kier alpha value is -0.570. The van der Waals surface area contributed by atoms with E-state index in [4.69, 9.17) is 9.47 Å². The third kappa shape index (κ3) is 29.5. The molecule has 34 heavy (non-hydrogen) atoms. The molecule has 0 fully saturated rings. The van der Waals surface area contributed by atoms with Crippen LogP contribution in [0.2, 0.25) is 0 Å². The van der Waals surface area contributed by atoms with Gasteiger partial charge in [-0.15, -0.1) is 0 Å². The van der Waals surface area contributed by atoms with Gasteiger partial charge in [-0.25, -0.2) is 0 Å². The SMILES string of the molecule is CCCCCCCCCCCCCCCC(=O)OCCOCCCCCCCCCCCCC. The highest BCUT2D eigenvalue weighted by atomic mass is 16.6. The van der Waals surface area contributed by atoms with Crippen molar-refractivity contribution in [2.24, 2.45) is 0 Å². The van der Waals surface area contributed by atoms with Crippen molar-refractivity contribution in [1.29, 1.82) is 0 Å². The van der Waals surface area contributed by atoms with Gasteiger partial charge in [0.2, 0.25) is 0 Å². The third-order valence-electron chi connectivity index (χ3n) is 6.87.